The highest BCUT2D eigenvalue weighted by molar-refractivity contribution is 6.31. The fourth-order valence-corrected chi connectivity index (χ4v) is 2.19. The van der Waals surface area contributed by atoms with E-state index in [0.717, 1.165) is 22.2 Å². The molecule has 0 spiro atoms. The fraction of sp³-hybridized carbons (Fsp3) is 0.0667. The van der Waals surface area contributed by atoms with Crippen LogP contribution in [0.1, 0.15) is 5.56 Å². The third-order valence-corrected chi connectivity index (χ3v) is 3.18. The van der Waals surface area contributed by atoms with E-state index in [1.54, 1.807) is 17.1 Å². The van der Waals surface area contributed by atoms with E-state index in [2.05, 4.69) is 21.9 Å². The van der Waals surface area contributed by atoms with Crippen LogP contribution in [-0.4, -0.2) is 20.6 Å². The van der Waals surface area contributed by atoms with Gasteiger partial charge in [0.2, 0.25) is 0 Å². The van der Waals surface area contributed by atoms with Crippen LogP contribution in [-0.2, 0) is 0 Å². The second-order valence-corrected chi connectivity index (χ2v) is 4.80. The van der Waals surface area contributed by atoms with Gasteiger partial charge in [-0.1, -0.05) is 23.4 Å². The molecule has 0 aliphatic carbocycles. The van der Waals surface area contributed by atoms with Crippen molar-refractivity contribution in [2.24, 2.45) is 0 Å². The quantitative estimate of drug-likeness (QED) is 0.507. The number of fused-ring (bicyclic) bond motifs is 1. The Balaban J connectivity index is 2.12. The van der Waals surface area contributed by atoms with Gasteiger partial charge in [-0.15, -0.1) is 11.6 Å². The van der Waals surface area contributed by atoms with Crippen molar-refractivity contribution in [3.05, 3.63) is 53.4 Å². The smallest absolute Gasteiger partial charge is 0.0839 e. The van der Waals surface area contributed by atoms with E-state index in [1.165, 1.54) is 0 Å². The van der Waals surface area contributed by atoms with E-state index in [-0.39, 0.29) is 0 Å². The van der Waals surface area contributed by atoms with Crippen molar-refractivity contribution >= 4 is 34.1 Å². The Kier molecular flexibility index (Phi) is 3.60. The molecule has 0 unspecified atom stereocenters. The molecule has 3 rings (SSSR count). The predicted octanol–water partition coefficient (Wildman–Crippen LogP) is 3.66. The molecular weight excluding hydrogens is 293 g/mol. The van der Waals surface area contributed by atoms with E-state index in [9.17, 15) is 0 Å². The number of halogens is 2. The number of nitrogens with zero attached hydrogens (tertiary/aromatic N) is 3. The first-order valence-electron chi connectivity index (χ1n) is 5.92. The number of aromatic nitrogens is 3. The van der Waals surface area contributed by atoms with Gasteiger partial charge < -0.3 is 0 Å². The molecule has 0 aliphatic heterocycles. The number of hydrogen-bond donors (Lipinski definition) is 0. The van der Waals surface area contributed by atoms with Crippen molar-refractivity contribution < 1.29 is 0 Å². The standard InChI is InChI=1S/C15H9Cl2N3/c16-6-1-2-11-9-19-20(10-11)15-5-7-18-14-8-12(17)3-4-13(14)15/h3-5,7-10H,6H2. The van der Waals surface area contributed by atoms with Crippen LogP contribution in [0, 0.1) is 11.8 Å². The highest BCUT2D eigenvalue weighted by Gasteiger charge is 2.06. The second-order valence-electron chi connectivity index (χ2n) is 4.10. The van der Waals surface area contributed by atoms with Gasteiger partial charge in [-0.25, -0.2) is 4.68 Å². The molecule has 3 aromatic rings. The van der Waals surface area contributed by atoms with E-state index in [0.29, 0.717) is 10.9 Å². The predicted molar refractivity (Wildman–Crippen MR) is 81.5 cm³/mol. The maximum Gasteiger partial charge on any atom is 0.0839 e. The van der Waals surface area contributed by atoms with E-state index in [4.69, 9.17) is 23.2 Å². The van der Waals surface area contributed by atoms with Crippen molar-refractivity contribution in [2.45, 2.75) is 0 Å². The molecule has 3 nitrogen and oxygen atoms in total. The topological polar surface area (TPSA) is 30.7 Å². The second kappa shape index (κ2) is 5.54. The Bertz CT molecular complexity index is 828. The van der Waals surface area contributed by atoms with Gasteiger partial charge >= 0.3 is 0 Å². The highest BCUT2D eigenvalue weighted by Crippen LogP contribution is 2.23. The molecule has 98 valence electrons. The molecule has 0 atom stereocenters. The lowest BCUT2D eigenvalue weighted by molar-refractivity contribution is 0.886. The summed E-state index contributed by atoms with van der Waals surface area (Å²) in [4.78, 5) is 4.31. The molecule has 0 saturated heterocycles. The van der Waals surface area contributed by atoms with Crippen LogP contribution in [0.5, 0.6) is 0 Å². The van der Waals surface area contributed by atoms with Crippen LogP contribution >= 0.6 is 23.2 Å². The van der Waals surface area contributed by atoms with Crippen LogP contribution in [0.3, 0.4) is 0 Å². The number of pyridine rings is 1. The zero-order valence-corrected chi connectivity index (χ0v) is 11.9. The summed E-state index contributed by atoms with van der Waals surface area (Å²) in [5.74, 6) is 6.05. The van der Waals surface area contributed by atoms with Gasteiger partial charge in [-0.05, 0) is 24.3 Å². The highest BCUT2D eigenvalue weighted by atomic mass is 35.5. The minimum absolute atomic E-state index is 0.307. The first kappa shape index (κ1) is 13.0. The molecule has 0 fully saturated rings. The lowest BCUT2D eigenvalue weighted by Gasteiger charge is -2.05. The van der Waals surface area contributed by atoms with E-state index >= 15 is 0 Å². The zero-order valence-electron chi connectivity index (χ0n) is 10.3. The van der Waals surface area contributed by atoms with Crippen LogP contribution in [0.4, 0.5) is 0 Å². The van der Waals surface area contributed by atoms with Crippen molar-refractivity contribution in [1.29, 1.82) is 0 Å². The Hall–Kier alpha value is -2.02. The van der Waals surface area contributed by atoms with Crippen LogP contribution < -0.4 is 0 Å². The molecule has 0 aliphatic rings. The monoisotopic (exact) mass is 301 g/mol. The molecular formula is C15H9Cl2N3. The molecule has 0 bridgehead atoms. The van der Waals surface area contributed by atoms with Gasteiger partial charge in [0.1, 0.15) is 0 Å². The average Bonchev–Trinajstić information content (AvgIpc) is 2.92. The summed E-state index contributed by atoms with van der Waals surface area (Å²) in [7, 11) is 0. The summed E-state index contributed by atoms with van der Waals surface area (Å²) >= 11 is 11.5. The van der Waals surface area contributed by atoms with Crippen molar-refractivity contribution in [3.63, 3.8) is 0 Å². The fourth-order valence-electron chi connectivity index (χ4n) is 1.96. The van der Waals surface area contributed by atoms with E-state index in [1.807, 2.05) is 30.5 Å². The van der Waals surface area contributed by atoms with Crippen molar-refractivity contribution in [1.82, 2.24) is 14.8 Å². The first-order chi connectivity index (χ1) is 9.78. The summed E-state index contributed by atoms with van der Waals surface area (Å²) in [5.41, 5.74) is 2.59. The summed E-state index contributed by atoms with van der Waals surface area (Å²) < 4.78 is 1.77. The lowest BCUT2D eigenvalue weighted by Crippen LogP contribution is -1.96. The van der Waals surface area contributed by atoms with Crippen molar-refractivity contribution in [3.8, 4) is 17.5 Å². The SMILES string of the molecule is ClCC#Cc1cnn(-c2ccnc3cc(Cl)ccc23)c1. The number of alkyl halides is 1. The number of hydrogen-bond acceptors (Lipinski definition) is 2. The maximum atomic E-state index is 5.99. The molecule has 0 radical (unpaired) electrons. The molecule has 0 N–H and O–H groups in total. The summed E-state index contributed by atoms with van der Waals surface area (Å²) in [6.45, 7) is 0. The van der Waals surface area contributed by atoms with Gasteiger partial charge in [0.25, 0.3) is 0 Å². The lowest BCUT2D eigenvalue weighted by atomic mass is 10.2. The molecule has 2 heterocycles. The van der Waals surface area contributed by atoms with Gasteiger partial charge in [-0.2, -0.15) is 5.10 Å². The minimum atomic E-state index is 0.307. The Morgan fingerprint density at radius 2 is 2.15 bits per heavy atom. The number of benzene rings is 1. The first-order valence-corrected chi connectivity index (χ1v) is 6.83. The van der Waals surface area contributed by atoms with Crippen molar-refractivity contribution in [2.75, 3.05) is 5.88 Å². The van der Waals surface area contributed by atoms with Gasteiger partial charge in [0.15, 0.2) is 0 Å². The molecule has 20 heavy (non-hydrogen) atoms. The normalized spacial score (nSPS) is 10.3. The zero-order chi connectivity index (χ0) is 13.9. The van der Waals surface area contributed by atoms with Gasteiger partial charge in [0, 0.05) is 22.8 Å². The third-order valence-electron chi connectivity index (χ3n) is 2.81. The van der Waals surface area contributed by atoms with Crippen LogP contribution in [0.25, 0.3) is 16.6 Å². The molecule has 5 heteroatoms. The summed E-state index contributed by atoms with van der Waals surface area (Å²) in [5, 5.41) is 5.97. The van der Waals surface area contributed by atoms with Crippen LogP contribution in [0.15, 0.2) is 42.9 Å². The summed E-state index contributed by atoms with van der Waals surface area (Å²) in [6.07, 6.45) is 5.31. The Morgan fingerprint density at radius 1 is 1.25 bits per heavy atom. The largest absolute Gasteiger partial charge is 0.256 e. The molecule has 1 aromatic carbocycles. The minimum Gasteiger partial charge on any atom is -0.256 e. The van der Waals surface area contributed by atoms with Crippen LogP contribution in [0.2, 0.25) is 5.02 Å². The molecule has 2 aromatic heterocycles. The Morgan fingerprint density at radius 3 is 3.00 bits per heavy atom. The van der Waals surface area contributed by atoms with E-state index < -0.39 is 0 Å². The maximum absolute atomic E-state index is 5.99. The molecule has 0 amide bonds. The van der Waals surface area contributed by atoms with Gasteiger partial charge in [0.05, 0.1) is 28.8 Å². The summed E-state index contributed by atoms with van der Waals surface area (Å²) in [6, 6.07) is 7.51. The van der Waals surface area contributed by atoms with Gasteiger partial charge in [-0.3, -0.25) is 4.98 Å². The Labute approximate surface area is 126 Å². The number of rotatable bonds is 1. The average molecular weight is 302 g/mol. The third kappa shape index (κ3) is 2.49. The molecule has 0 saturated carbocycles.